The lowest BCUT2D eigenvalue weighted by Gasteiger charge is -2.38. The zero-order chi connectivity index (χ0) is 93.7. The third kappa shape index (κ3) is 36.9. The second-order valence-electron chi connectivity index (χ2n) is 31.7. The van der Waals surface area contributed by atoms with Crippen molar-refractivity contribution >= 4 is 89.8 Å². The molecule has 8 amide bonds. The van der Waals surface area contributed by atoms with E-state index in [1.807, 2.05) is 114 Å². The number of Topliss-reactive ketones (excluding diaryl/α,β-unsaturated/α-hetero) is 2. The van der Waals surface area contributed by atoms with E-state index in [2.05, 4.69) is 77.4 Å². The van der Waals surface area contributed by atoms with Crippen LogP contribution < -0.4 is 50.3 Å². The number of amides is 8. The Bertz CT molecular complexity index is 4590. The van der Waals surface area contributed by atoms with Crippen molar-refractivity contribution in [2.24, 2.45) is 0 Å². The second kappa shape index (κ2) is 51.6. The summed E-state index contributed by atoms with van der Waals surface area (Å²) < 4.78 is 66.7. The molecule has 5 aromatic rings. The topological polar surface area (TPSA) is 428 Å². The molecule has 5 aliphatic rings. The Hall–Kier alpha value is -12.0. The largest absolute Gasteiger partial charge is 0.481 e. The summed E-state index contributed by atoms with van der Waals surface area (Å²) >= 11 is 5.63. The van der Waals surface area contributed by atoms with E-state index in [1.165, 1.54) is 87.4 Å². The van der Waals surface area contributed by atoms with Crippen LogP contribution >= 0.6 is 11.6 Å². The molecule has 0 spiro atoms. The molecule has 696 valence electrons. The first-order chi connectivity index (χ1) is 60.3. The van der Waals surface area contributed by atoms with Gasteiger partial charge in [-0.15, -0.1) is 0 Å². The highest BCUT2D eigenvalue weighted by molar-refractivity contribution is 6.29. The van der Waals surface area contributed by atoms with Gasteiger partial charge >= 0.3 is 36.6 Å². The highest BCUT2D eigenvalue weighted by atomic mass is 35.5. The lowest BCUT2D eigenvalue weighted by Crippen LogP contribution is -2.54. The van der Waals surface area contributed by atoms with Gasteiger partial charge in [-0.2, -0.15) is 0 Å². The van der Waals surface area contributed by atoms with E-state index in [0.29, 0.717) is 104 Å². The smallest absolute Gasteiger partial charge is 0.410 e. The maximum atomic E-state index is 13.7. The molecule has 38 heteroatoms. The van der Waals surface area contributed by atoms with Crippen LogP contribution in [0.15, 0.2) is 78.9 Å². The van der Waals surface area contributed by atoms with Crippen LogP contribution in [0.2, 0.25) is 5.15 Å². The van der Waals surface area contributed by atoms with Crippen molar-refractivity contribution in [3.8, 4) is 29.4 Å². The number of hydrogen-bond donors (Lipinski definition) is 5. The number of nitrogens with zero attached hydrogens (tertiary/aromatic N) is 9. The van der Waals surface area contributed by atoms with Gasteiger partial charge in [-0.3, -0.25) is 19.2 Å². The fourth-order valence-electron chi connectivity index (χ4n) is 12.5. The maximum absolute atomic E-state index is 13.7. The standard InChI is InChI=1S/C26H40N4O7.C26H38N4O7.C16H23N3O3.C13H16N2O4.C8H8ClNO2/c2*1-17(18-14-19(28-22(15-18)34-5)8-7-11-27-24(32)35-6)30(20-9-10-20)23(31)21-16-29(12-13-36-21)25(33)37-26(2,3)4;1-11(18-13-6-7-13)12-9-14(19-15(10-12)21-2)5-4-8-17-16(20)22-3;1-9(16)10-7-11(15-12(8-10)18-2)5-4-6-14-13(17)19-3;1-5(11)6-3-7(9)10-8(4-6)12-2/h14-15,17,20-21H,7-13,16H2,1-6H3,(H,27,32);7-8,14-15,17,20-21H,9-13,16H2,1-6H3,(H,27,32);4-5,9-11,13,18H,6-8H2,1-3H3,(H,17,20);4-5,7-8H,6H2,1-3H3,(H,14,17);3-4H,1-2H3/b;8-7+;2*5-4+;/t2*17?,21-;;;/m11.../s1. The SMILES string of the molecule is COC(=O)NC/C=C/c1cc(C(C)=O)cc(OC)n1.COC(=O)NC/C=C/c1cc(C(C)N(C(=O)[C@H]2CN(C(=O)OC(C)(C)C)CCO2)C2CC2)cc(OC)n1.COC(=O)NC/C=C/c1cc(C(C)NC2CC2)cc(OC)n1.COC(=O)NCCCc1cc(C(C)N(C(=O)[C@H]2CN(C(=O)OC(C)(C)C)CCO2)C2CC2)cc(OC)n1.COc1cc(C(C)=O)cc(Cl)n1. The molecule has 2 saturated heterocycles. The molecule has 0 radical (unpaired) electrons. The Kier molecular flexibility index (Phi) is 42.2. The van der Waals surface area contributed by atoms with Gasteiger partial charge < -0.3 is 108 Å². The molecule has 5 aromatic heterocycles. The summed E-state index contributed by atoms with van der Waals surface area (Å²) in [7, 11) is 12.9. The molecule has 7 heterocycles. The summed E-state index contributed by atoms with van der Waals surface area (Å²) in [6.07, 6.45) is 13.7. The number of carbonyl (C=O) groups excluding carboxylic acids is 10. The third-order valence-corrected chi connectivity index (χ3v) is 19.5. The highest BCUT2D eigenvalue weighted by Crippen LogP contribution is 2.39. The maximum Gasteiger partial charge on any atom is 0.410 e. The van der Waals surface area contributed by atoms with Crippen molar-refractivity contribution in [3.63, 3.8) is 0 Å². The summed E-state index contributed by atoms with van der Waals surface area (Å²) in [5.74, 6) is 1.78. The summed E-state index contributed by atoms with van der Waals surface area (Å²) in [6, 6.07) is 18.4. The van der Waals surface area contributed by atoms with Crippen molar-refractivity contribution in [1.29, 1.82) is 0 Å². The Morgan fingerprint density at radius 3 is 1.22 bits per heavy atom. The number of ketones is 2. The average molecular weight is 1790 g/mol. The molecule has 5 fully saturated rings. The van der Waals surface area contributed by atoms with Crippen molar-refractivity contribution < 1.29 is 110 Å². The van der Waals surface area contributed by atoms with E-state index in [1.54, 1.807) is 61.6 Å². The number of nitrogens with one attached hydrogen (secondary N) is 5. The summed E-state index contributed by atoms with van der Waals surface area (Å²) in [6.45, 7) is 22.9. The van der Waals surface area contributed by atoms with Gasteiger partial charge in [0.25, 0.3) is 11.8 Å². The normalized spacial score (nSPS) is 16.0. The van der Waals surface area contributed by atoms with Gasteiger partial charge in [0.2, 0.25) is 29.4 Å². The van der Waals surface area contributed by atoms with Gasteiger partial charge in [0.05, 0.1) is 119 Å². The highest BCUT2D eigenvalue weighted by Gasteiger charge is 2.44. The lowest BCUT2D eigenvalue weighted by atomic mass is 10.0. The van der Waals surface area contributed by atoms with Gasteiger partial charge in [-0.25, -0.2) is 53.7 Å². The number of alkyl carbamates (subject to hydrolysis) is 4. The van der Waals surface area contributed by atoms with Crippen LogP contribution in [0.5, 0.6) is 29.4 Å². The second-order valence-corrected chi connectivity index (χ2v) is 32.1. The molecule has 37 nitrogen and oxygen atoms in total. The number of methoxy groups -OCH3 is 9. The molecule has 3 unspecified atom stereocenters. The van der Waals surface area contributed by atoms with Crippen molar-refractivity contribution in [3.05, 3.63) is 135 Å². The van der Waals surface area contributed by atoms with Crippen LogP contribution in [0.3, 0.4) is 0 Å². The van der Waals surface area contributed by atoms with Crippen LogP contribution in [-0.2, 0) is 53.9 Å². The van der Waals surface area contributed by atoms with Crippen LogP contribution in [0, 0.1) is 0 Å². The van der Waals surface area contributed by atoms with Crippen molar-refractivity contribution in [2.75, 3.05) is 130 Å². The molecule has 5 N–H and O–H groups in total. The van der Waals surface area contributed by atoms with Gasteiger partial charge in [-0.1, -0.05) is 29.8 Å². The summed E-state index contributed by atoms with van der Waals surface area (Å²) in [4.78, 5) is 147. The fourth-order valence-corrected chi connectivity index (χ4v) is 12.7. The number of halogens is 1. The van der Waals surface area contributed by atoms with Crippen LogP contribution in [0.1, 0.15) is 199 Å². The Morgan fingerprint density at radius 1 is 0.472 bits per heavy atom. The van der Waals surface area contributed by atoms with Gasteiger partial charge in [0.1, 0.15) is 16.4 Å². The molecule has 127 heavy (non-hydrogen) atoms. The average Bonchev–Trinajstić information content (AvgIpc) is 1.67. The van der Waals surface area contributed by atoms with E-state index >= 15 is 0 Å². The molecular formula is C89H125ClN14O23. The van der Waals surface area contributed by atoms with Gasteiger partial charge in [0.15, 0.2) is 23.8 Å². The molecule has 5 atom stereocenters. The first-order valence-corrected chi connectivity index (χ1v) is 42.1. The number of morpholine rings is 2. The van der Waals surface area contributed by atoms with E-state index in [0.717, 1.165) is 53.8 Å². The zero-order valence-electron chi connectivity index (χ0n) is 76.4. The fraction of sp³-hybridized carbons (Fsp3) is 0.539. The predicted molar refractivity (Wildman–Crippen MR) is 472 cm³/mol. The summed E-state index contributed by atoms with van der Waals surface area (Å²) in [5.41, 5.74) is 5.50. The van der Waals surface area contributed by atoms with Gasteiger partial charge in [0, 0.05) is 111 Å². The molecule has 3 saturated carbocycles. The number of carbonyl (C=O) groups is 10. The monoisotopic (exact) mass is 1790 g/mol. The van der Waals surface area contributed by atoms with Crippen LogP contribution in [0.4, 0.5) is 28.8 Å². The quantitative estimate of drug-likeness (QED) is 0.0119. The zero-order valence-corrected chi connectivity index (χ0v) is 77.1. The molecule has 0 aromatic carbocycles. The Labute approximate surface area is 747 Å². The van der Waals surface area contributed by atoms with Crippen LogP contribution in [0.25, 0.3) is 18.2 Å². The number of pyridine rings is 5. The van der Waals surface area contributed by atoms with E-state index in [4.69, 9.17) is 54.2 Å². The van der Waals surface area contributed by atoms with E-state index in [-0.39, 0.29) is 91.6 Å². The number of hydrogen-bond acceptors (Lipinski definition) is 29. The van der Waals surface area contributed by atoms with Gasteiger partial charge in [-0.05, 0) is 193 Å². The number of aromatic nitrogens is 5. The lowest BCUT2D eigenvalue weighted by molar-refractivity contribution is -0.152. The minimum Gasteiger partial charge on any atom is -0.481 e. The summed E-state index contributed by atoms with van der Waals surface area (Å²) in [5, 5.41) is 14.1. The minimum absolute atomic E-state index is 0.0578. The van der Waals surface area contributed by atoms with E-state index in [9.17, 15) is 47.9 Å². The first-order valence-electron chi connectivity index (χ1n) is 41.7. The minimum atomic E-state index is -0.767. The molecule has 3 aliphatic carbocycles. The Balaban J connectivity index is 0.000000258. The molecular weight excluding hydrogens is 1670 g/mol. The number of rotatable bonds is 31. The number of aryl methyl sites for hydroxylation is 1. The molecule has 0 bridgehead atoms. The first kappa shape index (κ1) is 104. The van der Waals surface area contributed by atoms with Crippen LogP contribution in [-0.4, -0.2) is 276 Å². The van der Waals surface area contributed by atoms with Crippen molar-refractivity contribution in [1.82, 2.24) is 71.1 Å². The molecule has 2 aliphatic heterocycles. The predicted octanol–water partition coefficient (Wildman–Crippen LogP) is 12.1. The van der Waals surface area contributed by atoms with E-state index < -0.39 is 60.0 Å². The Morgan fingerprint density at radius 2 is 0.835 bits per heavy atom. The number of ether oxygens (including phenoxy) is 13. The molecule has 10 rings (SSSR count). The van der Waals surface area contributed by atoms with Crippen molar-refractivity contribution in [2.45, 2.75) is 187 Å². The third-order valence-electron chi connectivity index (χ3n) is 19.3.